The molecule has 9 atom stereocenters. The molecule has 0 aromatic heterocycles. The normalized spacial score (nSPS) is 28.8. The van der Waals surface area contributed by atoms with E-state index in [9.17, 15) is 38.4 Å². The zero-order chi connectivity index (χ0) is 41.9. The minimum absolute atomic E-state index is 0.0570. The average molecular weight is 792 g/mol. The number of ether oxygens (including phenoxy) is 1. The van der Waals surface area contributed by atoms with Crippen molar-refractivity contribution in [2.75, 3.05) is 13.1 Å². The van der Waals surface area contributed by atoms with E-state index in [4.69, 9.17) is 4.74 Å². The number of esters is 1. The van der Waals surface area contributed by atoms with Crippen LogP contribution in [0.5, 0.6) is 0 Å². The zero-order valence-electron chi connectivity index (χ0n) is 34.4. The van der Waals surface area contributed by atoms with Gasteiger partial charge in [0.15, 0.2) is 0 Å². The molecule has 3 fully saturated rings. The van der Waals surface area contributed by atoms with Crippen molar-refractivity contribution < 1.29 is 43.1 Å². The first kappa shape index (κ1) is 46.1. The summed E-state index contributed by atoms with van der Waals surface area (Å²) < 4.78 is 5.87. The molecule has 0 aromatic carbocycles. The number of carbonyl (C=O) groups excluding carboxylic acids is 8. The Morgan fingerprint density at radius 2 is 1.34 bits per heavy atom. The number of hydrazine groups is 2. The summed E-state index contributed by atoms with van der Waals surface area (Å²) >= 11 is 0. The molecule has 3 heterocycles. The van der Waals surface area contributed by atoms with Gasteiger partial charge in [0, 0.05) is 13.1 Å². The SMILES string of the molecule is CCC(C)C(NC=O)C(=O)NC1C(=O)NC(CC(C)C)C(=O)NC(C(C)C)C(=O)N2NCCCC2C(=O)NC(CC(C)C)C(=O)N2NCCCC2C(=O)OC1C. The van der Waals surface area contributed by atoms with Gasteiger partial charge in [0.2, 0.25) is 30.0 Å². The summed E-state index contributed by atoms with van der Waals surface area (Å²) in [5, 5.41) is 15.9. The predicted octanol–water partition coefficient (Wildman–Crippen LogP) is -0.229. The third kappa shape index (κ3) is 12.1. The number of carbonyl (C=O) groups is 8. The van der Waals surface area contributed by atoms with Gasteiger partial charge in [-0.15, -0.1) is 0 Å². The summed E-state index contributed by atoms with van der Waals surface area (Å²) in [6.45, 7) is 16.7. The van der Waals surface area contributed by atoms with E-state index in [1.165, 1.54) is 16.9 Å². The van der Waals surface area contributed by atoms with Gasteiger partial charge in [-0.05, 0) is 69.1 Å². The molecule has 0 saturated carbocycles. The number of rotatable bonds is 11. The minimum atomic E-state index is -1.55. The quantitative estimate of drug-likeness (QED) is 0.107. The van der Waals surface area contributed by atoms with Gasteiger partial charge >= 0.3 is 5.97 Å². The van der Waals surface area contributed by atoms with Crippen molar-refractivity contribution in [3.05, 3.63) is 0 Å². The number of hydrogen-bond acceptors (Lipinski definition) is 11. The Labute approximate surface area is 330 Å². The molecular weight excluding hydrogens is 726 g/mol. The highest BCUT2D eigenvalue weighted by Crippen LogP contribution is 2.21. The van der Waals surface area contributed by atoms with Gasteiger partial charge in [0.25, 0.3) is 11.8 Å². The van der Waals surface area contributed by atoms with E-state index in [1.807, 2.05) is 34.6 Å². The Balaban J connectivity index is 2.17. The molecule has 7 N–H and O–H groups in total. The van der Waals surface area contributed by atoms with Crippen LogP contribution in [0.2, 0.25) is 0 Å². The third-order valence-corrected chi connectivity index (χ3v) is 10.5. The first-order valence-electron chi connectivity index (χ1n) is 20.2. The van der Waals surface area contributed by atoms with Crippen molar-refractivity contribution in [3.63, 3.8) is 0 Å². The summed E-state index contributed by atoms with van der Waals surface area (Å²) in [5.41, 5.74) is 6.02. The second-order valence-electron chi connectivity index (χ2n) is 16.4. The van der Waals surface area contributed by atoms with Crippen LogP contribution < -0.4 is 37.4 Å². The predicted molar refractivity (Wildman–Crippen MR) is 205 cm³/mol. The zero-order valence-corrected chi connectivity index (χ0v) is 34.4. The fourth-order valence-electron chi connectivity index (χ4n) is 7.19. The van der Waals surface area contributed by atoms with E-state index in [-0.39, 0.29) is 37.0 Å². The summed E-state index contributed by atoms with van der Waals surface area (Å²) in [6.07, 6.45) is 1.49. The van der Waals surface area contributed by atoms with Gasteiger partial charge in [-0.3, -0.25) is 43.6 Å². The van der Waals surface area contributed by atoms with Crippen molar-refractivity contribution in [1.82, 2.24) is 47.5 Å². The second kappa shape index (κ2) is 21.3. The molecule has 3 aliphatic rings. The van der Waals surface area contributed by atoms with E-state index >= 15 is 0 Å². The summed E-state index contributed by atoms with van der Waals surface area (Å²) in [5.74, 6) is -5.76. The number of nitrogens with zero attached hydrogens (tertiary/aromatic N) is 2. The average Bonchev–Trinajstić information content (AvgIpc) is 3.15. The Hall–Kier alpha value is -4.32. The second-order valence-corrected chi connectivity index (χ2v) is 16.4. The van der Waals surface area contributed by atoms with Crippen LogP contribution in [-0.4, -0.2) is 119 Å². The topological polar surface area (TPSA) is 236 Å². The van der Waals surface area contributed by atoms with Crippen molar-refractivity contribution in [1.29, 1.82) is 0 Å². The summed E-state index contributed by atoms with van der Waals surface area (Å²) in [7, 11) is 0. The highest BCUT2D eigenvalue weighted by molar-refractivity contribution is 5.97. The van der Waals surface area contributed by atoms with Gasteiger partial charge in [-0.2, -0.15) is 0 Å². The van der Waals surface area contributed by atoms with Crippen molar-refractivity contribution >= 4 is 47.8 Å². The number of hydrogen-bond donors (Lipinski definition) is 7. The first-order chi connectivity index (χ1) is 26.4. The molecule has 9 unspecified atom stereocenters. The van der Waals surface area contributed by atoms with Crippen molar-refractivity contribution in [2.24, 2.45) is 23.7 Å². The van der Waals surface area contributed by atoms with E-state index in [0.717, 1.165) is 0 Å². The molecule has 0 bridgehead atoms. The third-order valence-electron chi connectivity index (χ3n) is 10.5. The monoisotopic (exact) mass is 791 g/mol. The van der Waals surface area contributed by atoms with Crippen LogP contribution >= 0.6 is 0 Å². The molecular formula is C38H65N9O9. The standard InChI is InChI=1S/C38H65N9O9/c1-10-23(8)30(39-19-48)34(51)45-31-24(9)56-38(55)28-14-12-16-41-47(28)36(53)26(18-21(4)5)43-33(50)27-13-11-15-40-46(27)37(54)29(22(6)7)44-32(49)25(17-20(2)3)42-35(31)52/h19-31,40-41H,10-18H2,1-9H3,(H,39,48)(H,42,52)(H,43,50)(H,44,49)(H,45,51). The molecule has 56 heavy (non-hydrogen) atoms. The lowest BCUT2D eigenvalue weighted by Crippen LogP contribution is -2.66. The number of cyclic esters (lactones) is 1. The van der Waals surface area contributed by atoms with Crippen molar-refractivity contribution in [3.8, 4) is 0 Å². The maximum Gasteiger partial charge on any atom is 0.330 e. The van der Waals surface area contributed by atoms with Crippen LogP contribution in [0.4, 0.5) is 0 Å². The van der Waals surface area contributed by atoms with Crippen LogP contribution in [0, 0.1) is 23.7 Å². The van der Waals surface area contributed by atoms with E-state index in [2.05, 4.69) is 37.4 Å². The molecule has 0 spiro atoms. The molecule has 3 aliphatic heterocycles. The van der Waals surface area contributed by atoms with Gasteiger partial charge in [-0.25, -0.2) is 15.6 Å². The maximum atomic E-state index is 14.3. The number of nitrogens with one attached hydrogen (secondary N) is 7. The first-order valence-corrected chi connectivity index (χ1v) is 20.2. The minimum Gasteiger partial charge on any atom is -0.458 e. The number of fused-ring (bicyclic) bond motifs is 2. The molecule has 18 heteroatoms. The van der Waals surface area contributed by atoms with E-state index in [0.29, 0.717) is 45.2 Å². The molecule has 0 aliphatic carbocycles. The largest absolute Gasteiger partial charge is 0.458 e. The summed E-state index contributed by atoms with van der Waals surface area (Å²) in [6, 6.07) is -8.15. The van der Waals surface area contributed by atoms with Crippen LogP contribution in [0.1, 0.15) is 107 Å². The van der Waals surface area contributed by atoms with Crippen molar-refractivity contribution in [2.45, 2.75) is 156 Å². The van der Waals surface area contributed by atoms with E-state index < -0.39 is 95.7 Å². The van der Waals surface area contributed by atoms with E-state index in [1.54, 1.807) is 20.8 Å². The molecule has 3 rings (SSSR count). The fraction of sp³-hybridized carbons (Fsp3) is 0.789. The van der Waals surface area contributed by atoms with Gasteiger partial charge < -0.3 is 31.3 Å². The van der Waals surface area contributed by atoms with Crippen LogP contribution in [0.25, 0.3) is 0 Å². The van der Waals surface area contributed by atoms with Crippen LogP contribution in [0.15, 0.2) is 0 Å². The molecule has 316 valence electrons. The highest BCUT2D eigenvalue weighted by atomic mass is 16.5. The summed E-state index contributed by atoms with van der Waals surface area (Å²) in [4.78, 5) is 110. The van der Waals surface area contributed by atoms with Gasteiger partial charge in [-0.1, -0.05) is 61.8 Å². The lowest BCUT2D eigenvalue weighted by molar-refractivity contribution is -0.167. The highest BCUT2D eigenvalue weighted by Gasteiger charge is 2.44. The Morgan fingerprint density at radius 1 is 0.786 bits per heavy atom. The Bertz CT molecular complexity index is 1430. The Kier molecular flexibility index (Phi) is 17.5. The van der Waals surface area contributed by atoms with Gasteiger partial charge in [0.05, 0.1) is 0 Å². The Morgan fingerprint density at radius 3 is 1.89 bits per heavy atom. The number of amides is 7. The van der Waals surface area contributed by atoms with Gasteiger partial charge in [0.1, 0.15) is 48.4 Å². The van der Waals surface area contributed by atoms with Crippen LogP contribution in [-0.2, 0) is 43.1 Å². The smallest absolute Gasteiger partial charge is 0.330 e. The van der Waals surface area contributed by atoms with Crippen LogP contribution in [0.3, 0.4) is 0 Å². The fourth-order valence-corrected chi connectivity index (χ4v) is 7.19. The molecule has 0 radical (unpaired) electrons. The molecule has 7 amide bonds. The molecule has 0 aromatic rings. The molecule has 3 saturated heterocycles. The molecule has 18 nitrogen and oxygen atoms in total. The maximum absolute atomic E-state index is 14.3. The lowest BCUT2D eigenvalue weighted by atomic mass is 9.97. The lowest BCUT2D eigenvalue weighted by Gasteiger charge is -2.40.